The van der Waals surface area contributed by atoms with Crippen LogP contribution in [0.5, 0.6) is 0 Å². The Morgan fingerprint density at radius 1 is 1.22 bits per heavy atom. The minimum atomic E-state index is -0.0948. The molecule has 0 unspecified atom stereocenters. The van der Waals surface area contributed by atoms with Gasteiger partial charge in [-0.05, 0) is 36.7 Å². The Hall–Kier alpha value is -0.340. The lowest BCUT2D eigenvalue weighted by atomic mass is 9.70. The molecule has 2 nitrogen and oxygen atoms in total. The number of ether oxygens (including phenoxy) is 2. The van der Waals surface area contributed by atoms with Crippen molar-refractivity contribution in [3.8, 4) is 0 Å². The van der Waals surface area contributed by atoms with Gasteiger partial charge < -0.3 is 9.47 Å². The second-order valence-electron chi connectivity index (χ2n) is 7.03. The lowest BCUT2D eigenvalue weighted by molar-refractivity contribution is -0.0850. The molecule has 0 aromatic carbocycles. The predicted octanol–water partition coefficient (Wildman–Crippen LogP) is 3.91. The van der Waals surface area contributed by atoms with E-state index in [-0.39, 0.29) is 6.29 Å². The van der Waals surface area contributed by atoms with Crippen LogP contribution in [-0.2, 0) is 9.47 Å². The van der Waals surface area contributed by atoms with Crippen LogP contribution in [0.25, 0.3) is 0 Å². The Bertz CT molecular complexity index is 360. The maximum Gasteiger partial charge on any atom is 0.177 e. The van der Waals surface area contributed by atoms with E-state index in [1.807, 2.05) is 0 Å². The van der Waals surface area contributed by atoms with Crippen LogP contribution in [0.15, 0.2) is 12.2 Å². The normalized spacial score (nSPS) is 49.1. The van der Waals surface area contributed by atoms with Crippen molar-refractivity contribution in [2.75, 3.05) is 0 Å². The highest BCUT2D eigenvalue weighted by Crippen LogP contribution is 2.68. The zero-order valence-electron chi connectivity index (χ0n) is 12.1. The van der Waals surface area contributed by atoms with E-state index in [9.17, 15) is 0 Å². The van der Waals surface area contributed by atoms with Crippen molar-refractivity contribution in [3.63, 3.8) is 0 Å². The van der Waals surface area contributed by atoms with Gasteiger partial charge in [-0.2, -0.15) is 0 Å². The van der Waals surface area contributed by atoms with Crippen molar-refractivity contribution in [3.05, 3.63) is 12.2 Å². The van der Waals surface area contributed by atoms with Gasteiger partial charge in [0.1, 0.15) is 0 Å². The van der Waals surface area contributed by atoms with Crippen LogP contribution >= 0.6 is 0 Å². The Morgan fingerprint density at radius 2 is 2.00 bits per heavy atom. The first-order chi connectivity index (χ1) is 8.50. The minimum Gasteiger partial charge on any atom is -0.343 e. The highest BCUT2D eigenvalue weighted by Gasteiger charge is 2.69. The van der Waals surface area contributed by atoms with Gasteiger partial charge in [-0.1, -0.05) is 40.2 Å². The molecular formula is C16H26O2. The topological polar surface area (TPSA) is 18.5 Å². The molecule has 2 saturated carbocycles. The van der Waals surface area contributed by atoms with E-state index < -0.39 is 0 Å². The number of hydrogen-bond donors (Lipinski definition) is 0. The van der Waals surface area contributed by atoms with Gasteiger partial charge in [-0.25, -0.2) is 0 Å². The van der Waals surface area contributed by atoms with Crippen molar-refractivity contribution >= 4 is 0 Å². The maximum absolute atomic E-state index is 6.20. The van der Waals surface area contributed by atoms with Crippen LogP contribution in [-0.4, -0.2) is 18.5 Å². The summed E-state index contributed by atoms with van der Waals surface area (Å²) in [7, 11) is 0. The molecule has 0 spiro atoms. The molecule has 2 heteroatoms. The molecule has 0 N–H and O–H groups in total. The predicted molar refractivity (Wildman–Crippen MR) is 72.2 cm³/mol. The van der Waals surface area contributed by atoms with E-state index in [1.165, 1.54) is 19.3 Å². The van der Waals surface area contributed by atoms with Gasteiger partial charge in [0.15, 0.2) is 6.29 Å². The zero-order valence-corrected chi connectivity index (χ0v) is 12.1. The molecule has 0 radical (unpaired) electrons. The number of hydrogen-bond acceptors (Lipinski definition) is 2. The molecule has 2 aliphatic carbocycles. The van der Waals surface area contributed by atoms with Crippen LogP contribution in [0.3, 0.4) is 0 Å². The van der Waals surface area contributed by atoms with E-state index in [1.54, 1.807) is 0 Å². The Morgan fingerprint density at radius 3 is 2.67 bits per heavy atom. The van der Waals surface area contributed by atoms with Crippen molar-refractivity contribution < 1.29 is 9.47 Å². The highest BCUT2D eigenvalue weighted by atomic mass is 16.7. The van der Waals surface area contributed by atoms with Gasteiger partial charge >= 0.3 is 0 Å². The van der Waals surface area contributed by atoms with Gasteiger partial charge in [0.05, 0.1) is 12.2 Å². The minimum absolute atomic E-state index is 0.0948. The molecule has 5 atom stereocenters. The van der Waals surface area contributed by atoms with E-state index in [2.05, 4.69) is 39.8 Å². The highest BCUT2D eigenvalue weighted by molar-refractivity contribution is 5.18. The summed E-state index contributed by atoms with van der Waals surface area (Å²) < 4.78 is 12.4. The summed E-state index contributed by atoms with van der Waals surface area (Å²) in [5, 5.41) is 0. The third-order valence-corrected chi connectivity index (χ3v) is 6.02. The number of fused-ring (bicyclic) bond motifs is 5. The van der Waals surface area contributed by atoms with Gasteiger partial charge in [-0.3, -0.25) is 0 Å². The fourth-order valence-corrected chi connectivity index (χ4v) is 4.41. The van der Waals surface area contributed by atoms with Crippen molar-refractivity contribution in [1.29, 1.82) is 0 Å². The molecule has 3 fully saturated rings. The smallest absolute Gasteiger partial charge is 0.177 e. The monoisotopic (exact) mass is 250 g/mol. The molecule has 102 valence electrons. The first-order valence-corrected chi connectivity index (χ1v) is 7.48. The molecule has 2 bridgehead atoms. The molecule has 0 aromatic heterocycles. The second kappa shape index (κ2) is 4.08. The van der Waals surface area contributed by atoms with Crippen molar-refractivity contribution in [2.24, 2.45) is 16.7 Å². The average molecular weight is 250 g/mol. The van der Waals surface area contributed by atoms with E-state index in [4.69, 9.17) is 9.47 Å². The van der Waals surface area contributed by atoms with E-state index in [0.29, 0.717) is 29.0 Å². The zero-order chi connectivity index (χ0) is 13.0. The largest absolute Gasteiger partial charge is 0.343 e. The van der Waals surface area contributed by atoms with Gasteiger partial charge in [0.25, 0.3) is 0 Å². The third-order valence-electron chi connectivity index (χ3n) is 6.02. The lowest BCUT2D eigenvalue weighted by Gasteiger charge is -2.37. The Balaban J connectivity index is 1.75. The van der Waals surface area contributed by atoms with Gasteiger partial charge in [0.2, 0.25) is 0 Å². The second-order valence-corrected chi connectivity index (χ2v) is 7.03. The molecule has 3 rings (SSSR count). The third kappa shape index (κ3) is 1.48. The van der Waals surface area contributed by atoms with Crippen molar-refractivity contribution in [2.45, 2.75) is 71.9 Å². The molecule has 1 saturated heterocycles. The van der Waals surface area contributed by atoms with Crippen LogP contribution in [0.4, 0.5) is 0 Å². The summed E-state index contributed by atoms with van der Waals surface area (Å²) in [6.45, 7) is 9.40. The van der Waals surface area contributed by atoms with Crippen LogP contribution in [0.1, 0.15) is 53.4 Å². The first-order valence-electron chi connectivity index (χ1n) is 7.48. The summed E-state index contributed by atoms with van der Waals surface area (Å²) in [5.41, 5.74) is 0.663. The molecule has 18 heavy (non-hydrogen) atoms. The molecule has 0 aromatic rings. The van der Waals surface area contributed by atoms with Crippen LogP contribution < -0.4 is 0 Å². The van der Waals surface area contributed by atoms with Crippen LogP contribution in [0.2, 0.25) is 0 Å². The molecule has 1 aliphatic heterocycles. The fourth-order valence-electron chi connectivity index (χ4n) is 4.41. The SMILES string of the molecule is CCC/C=C/[C@@H]1O[C@@H]2[C@H]3CC[C@@](C)([C@@H]2O1)C3(C)C. The van der Waals surface area contributed by atoms with Crippen LogP contribution in [0, 0.1) is 16.7 Å². The van der Waals surface area contributed by atoms with E-state index >= 15 is 0 Å². The molecule has 3 aliphatic rings. The summed E-state index contributed by atoms with van der Waals surface area (Å²) in [5.74, 6) is 0.678. The van der Waals surface area contributed by atoms with Crippen molar-refractivity contribution in [1.82, 2.24) is 0 Å². The Kier molecular flexibility index (Phi) is 2.87. The Labute approximate surface area is 111 Å². The van der Waals surface area contributed by atoms with Gasteiger partial charge in [-0.15, -0.1) is 0 Å². The standard InChI is InChI=1S/C16H26O2/c1-5-6-7-8-12-17-13-11-9-10-16(4,14(13)18-12)15(11,2)3/h7-8,11-14H,5-6,9-10H2,1-4H3/b8-7+/t11-,12-,13-,14-,16+/m1/s1. The summed E-state index contributed by atoms with van der Waals surface area (Å²) in [6.07, 6.45) is 9.74. The molecular weight excluding hydrogens is 224 g/mol. The number of allylic oxidation sites excluding steroid dienone is 1. The van der Waals surface area contributed by atoms with Gasteiger partial charge in [0, 0.05) is 5.41 Å². The van der Waals surface area contributed by atoms with E-state index in [0.717, 1.165) is 6.42 Å². The summed E-state index contributed by atoms with van der Waals surface area (Å²) >= 11 is 0. The maximum atomic E-state index is 6.20. The molecule has 0 amide bonds. The average Bonchev–Trinajstić information content (AvgIpc) is 2.86. The first kappa shape index (κ1) is 12.7. The fraction of sp³-hybridized carbons (Fsp3) is 0.875. The summed E-state index contributed by atoms with van der Waals surface area (Å²) in [4.78, 5) is 0. The number of unbranched alkanes of at least 4 members (excludes halogenated alkanes) is 1. The summed E-state index contributed by atoms with van der Waals surface area (Å²) in [6, 6.07) is 0. The molecule has 1 heterocycles. The quantitative estimate of drug-likeness (QED) is 0.707. The number of rotatable bonds is 3. The lowest BCUT2D eigenvalue weighted by Crippen LogP contribution is -2.38.